The quantitative estimate of drug-likeness (QED) is 0.803. The van der Waals surface area contributed by atoms with E-state index in [0.29, 0.717) is 30.5 Å². The van der Waals surface area contributed by atoms with Crippen molar-refractivity contribution >= 4 is 34.2 Å². The molecule has 7 nitrogen and oxygen atoms in total. The van der Waals surface area contributed by atoms with Crippen LogP contribution in [0, 0.1) is 5.92 Å². The van der Waals surface area contributed by atoms with Crippen molar-refractivity contribution in [1.82, 2.24) is 9.88 Å². The zero-order valence-electron chi connectivity index (χ0n) is 16.3. The summed E-state index contributed by atoms with van der Waals surface area (Å²) in [5.41, 5.74) is 1.86. The molecule has 150 valence electrons. The average molecular weight is 403 g/mol. The highest BCUT2D eigenvalue weighted by Gasteiger charge is 2.22. The summed E-state index contributed by atoms with van der Waals surface area (Å²) in [5, 5.41) is 4.86. The van der Waals surface area contributed by atoms with Crippen LogP contribution >= 0.6 is 11.3 Å². The molecule has 0 radical (unpaired) electrons. The number of carbonyl (C=O) groups excluding carboxylic acids is 2. The van der Waals surface area contributed by atoms with Crippen molar-refractivity contribution < 1.29 is 14.3 Å². The van der Waals surface area contributed by atoms with Gasteiger partial charge in [-0.2, -0.15) is 0 Å². The molecule has 1 fully saturated rings. The first-order valence-electron chi connectivity index (χ1n) is 9.47. The van der Waals surface area contributed by atoms with E-state index in [2.05, 4.69) is 27.3 Å². The van der Waals surface area contributed by atoms with Crippen molar-refractivity contribution in [3.63, 3.8) is 0 Å². The highest BCUT2D eigenvalue weighted by atomic mass is 32.1. The van der Waals surface area contributed by atoms with Gasteiger partial charge in [-0.1, -0.05) is 32.0 Å². The van der Waals surface area contributed by atoms with Gasteiger partial charge in [-0.15, -0.1) is 11.3 Å². The van der Waals surface area contributed by atoms with Crippen LogP contribution in [0.2, 0.25) is 0 Å². The van der Waals surface area contributed by atoms with E-state index in [9.17, 15) is 9.59 Å². The van der Waals surface area contributed by atoms with Crippen molar-refractivity contribution in [2.75, 3.05) is 43.0 Å². The predicted octanol–water partition coefficient (Wildman–Crippen LogP) is 3.24. The van der Waals surface area contributed by atoms with Crippen molar-refractivity contribution in [3.05, 3.63) is 41.4 Å². The highest BCUT2D eigenvalue weighted by Crippen LogP contribution is 2.18. The number of nitrogens with zero attached hydrogens (tertiary/aromatic N) is 3. The molecule has 1 N–H and O–H groups in total. The number of benzene rings is 1. The third kappa shape index (κ3) is 5.69. The van der Waals surface area contributed by atoms with E-state index in [4.69, 9.17) is 4.74 Å². The Kier molecular flexibility index (Phi) is 6.86. The first-order valence-corrected chi connectivity index (χ1v) is 10.3. The molecule has 2 amide bonds. The van der Waals surface area contributed by atoms with E-state index in [1.807, 2.05) is 36.9 Å². The number of piperazine rings is 1. The number of para-hydroxylation sites is 1. The molecule has 2 aromatic rings. The SMILES string of the molecule is CC(C)COC(=O)Nc1nc(CC(=O)N2CCN(c3ccccc3)CC2)cs1. The van der Waals surface area contributed by atoms with Crippen LogP contribution < -0.4 is 10.2 Å². The van der Waals surface area contributed by atoms with Crippen LogP contribution in [0.25, 0.3) is 0 Å². The van der Waals surface area contributed by atoms with Crippen LogP contribution in [0.1, 0.15) is 19.5 Å². The monoisotopic (exact) mass is 402 g/mol. The van der Waals surface area contributed by atoms with Crippen LogP contribution in [0.4, 0.5) is 15.6 Å². The molecule has 1 aliphatic rings. The Hall–Kier alpha value is -2.61. The van der Waals surface area contributed by atoms with E-state index >= 15 is 0 Å². The molecule has 0 aliphatic carbocycles. The van der Waals surface area contributed by atoms with Crippen LogP contribution in [0.15, 0.2) is 35.7 Å². The fraction of sp³-hybridized carbons (Fsp3) is 0.450. The number of nitrogens with one attached hydrogen (secondary N) is 1. The molecular formula is C20H26N4O3S. The van der Waals surface area contributed by atoms with Crippen molar-refractivity contribution in [1.29, 1.82) is 0 Å². The summed E-state index contributed by atoms with van der Waals surface area (Å²) in [4.78, 5) is 32.8. The topological polar surface area (TPSA) is 74.8 Å². The van der Waals surface area contributed by atoms with Gasteiger partial charge in [0.2, 0.25) is 5.91 Å². The molecule has 0 spiro atoms. The molecule has 3 rings (SSSR count). The second-order valence-corrected chi connectivity index (χ2v) is 8.00. The predicted molar refractivity (Wildman–Crippen MR) is 111 cm³/mol. The van der Waals surface area contributed by atoms with Gasteiger partial charge in [-0.3, -0.25) is 10.1 Å². The summed E-state index contributed by atoms with van der Waals surface area (Å²) in [6, 6.07) is 10.2. The van der Waals surface area contributed by atoms with Gasteiger partial charge >= 0.3 is 6.09 Å². The molecule has 1 saturated heterocycles. The van der Waals surface area contributed by atoms with E-state index in [1.54, 1.807) is 5.38 Å². The second-order valence-electron chi connectivity index (χ2n) is 7.14. The van der Waals surface area contributed by atoms with Gasteiger partial charge in [-0.25, -0.2) is 9.78 Å². The Morgan fingerprint density at radius 1 is 1.18 bits per heavy atom. The molecule has 1 aliphatic heterocycles. The number of ether oxygens (including phenoxy) is 1. The number of rotatable bonds is 6. The lowest BCUT2D eigenvalue weighted by Gasteiger charge is -2.36. The van der Waals surface area contributed by atoms with Crippen LogP contribution in [0.5, 0.6) is 0 Å². The lowest BCUT2D eigenvalue weighted by atomic mass is 10.2. The fourth-order valence-electron chi connectivity index (χ4n) is 2.93. The number of hydrogen-bond acceptors (Lipinski definition) is 6. The number of amides is 2. The molecule has 2 heterocycles. The number of aromatic nitrogens is 1. The van der Waals surface area contributed by atoms with Crippen LogP contribution in [0.3, 0.4) is 0 Å². The number of thiazole rings is 1. The summed E-state index contributed by atoms with van der Waals surface area (Å²) in [7, 11) is 0. The van der Waals surface area contributed by atoms with Gasteiger partial charge < -0.3 is 14.5 Å². The maximum absolute atomic E-state index is 12.6. The number of hydrogen-bond donors (Lipinski definition) is 1. The van der Waals surface area contributed by atoms with Gasteiger partial charge in [0.25, 0.3) is 0 Å². The zero-order chi connectivity index (χ0) is 19.9. The maximum Gasteiger partial charge on any atom is 0.413 e. The molecule has 28 heavy (non-hydrogen) atoms. The lowest BCUT2D eigenvalue weighted by molar-refractivity contribution is -0.130. The van der Waals surface area contributed by atoms with E-state index < -0.39 is 6.09 Å². The smallest absolute Gasteiger partial charge is 0.413 e. The minimum Gasteiger partial charge on any atom is -0.449 e. The third-order valence-corrected chi connectivity index (χ3v) is 5.20. The van der Waals surface area contributed by atoms with Gasteiger partial charge in [0.1, 0.15) is 0 Å². The second kappa shape index (κ2) is 9.54. The molecule has 0 unspecified atom stereocenters. The normalized spacial score (nSPS) is 14.2. The Balaban J connectivity index is 1.45. The van der Waals surface area contributed by atoms with Gasteiger partial charge in [0, 0.05) is 37.2 Å². The Bertz CT molecular complexity index is 786. The molecule has 0 saturated carbocycles. The summed E-state index contributed by atoms with van der Waals surface area (Å²) in [5.74, 6) is 0.338. The van der Waals surface area contributed by atoms with Gasteiger partial charge in [0.05, 0.1) is 18.7 Å². The molecule has 1 aromatic heterocycles. The van der Waals surface area contributed by atoms with Crippen molar-refractivity contribution in [3.8, 4) is 0 Å². The summed E-state index contributed by atoms with van der Waals surface area (Å²) < 4.78 is 5.08. The van der Waals surface area contributed by atoms with Gasteiger partial charge in [0.15, 0.2) is 5.13 Å². The minimum atomic E-state index is -0.516. The Morgan fingerprint density at radius 3 is 2.57 bits per heavy atom. The Morgan fingerprint density at radius 2 is 1.89 bits per heavy atom. The molecular weight excluding hydrogens is 376 g/mol. The maximum atomic E-state index is 12.6. The number of carbonyl (C=O) groups is 2. The van der Waals surface area contributed by atoms with Crippen molar-refractivity contribution in [2.45, 2.75) is 20.3 Å². The standard InChI is InChI=1S/C20H26N4O3S/c1-15(2)13-27-20(26)22-19-21-16(14-28-19)12-18(25)24-10-8-23(9-11-24)17-6-4-3-5-7-17/h3-7,14-15H,8-13H2,1-2H3,(H,21,22,26). The van der Waals surface area contributed by atoms with E-state index in [-0.39, 0.29) is 18.2 Å². The largest absolute Gasteiger partial charge is 0.449 e. The average Bonchev–Trinajstić information content (AvgIpc) is 3.14. The Labute approximate surface area is 169 Å². The third-order valence-electron chi connectivity index (χ3n) is 4.39. The summed E-state index contributed by atoms with van der Waals surface area (Å²) >= 11 is 1.30. The number of anilines is 2. The lowest BCUT2D eigenvalue weighted by Crippen LogP contribution is -2.49. The van der Waals surface area contributed by atoms with Gasteiger partial charge in [-0.05, 0) is 18.1 Å². The van der Waals surface area contributed by atoms with E-state index in [1.165, 1.54) is 17.0 Å². The first kappa shape index (κ1) is 20.1. The molecule has 8 heteroatoms. The molecule has 0 atom stereocenters. The minimum absolute atomic E-state index is 0.0620. The molecule has 1 aromatic carbocycles. The van der Waals surface area contributed by atoms with Crippen LogP contribution in [-0.2, 0) is 16.0 Å². The summed E-state index contributed by atoms with van der Waals surface area (Å²) in [6.45, 7) is 7.34. The van der Waals surface area contributed by atoms with E-state index in [0.717, 1.165) is 13.1 Å². The zero-order valence-corrected chi connectivity index (χ0v) is 17.1. The summed E-state index contributed by atoms with van der Waals surface area (Å²) in [6.07, 6.45) is -0.275. The van der Waals surface area contributed by atoms with Crippen molar-refractivity contribution in [2.24, 2.45) is 5.92 Å². The fourth-order valence-corrected chi connectivity index (χ4v) is 3.63. The highest BCUT2D eigenvalue weighted by molar-refractivity contribution is 7.13. The van der Waals surface area contributed by atoms with Crippen LogP contribution in [-0.4, -0.2) is 54.7 Å². The molecule has 0 bridgehead atoms. The first-order chi connectivity index (χ1) is 13.5.